The van der Waals surface area contributed by atoms with E-state index in [-0.39, 0.29) is 12.3 Å². The minimum atomic E-state index is -0.618. The monoisotopic (exact) mass is 308 g/mol. The highest BCUT2D eigenvalue weighted by Gasteiger charge is 2.31. The third kappa shape index (κ3) is 2.87. The number of halogens is 2. The standard InChI is InChI=1S/C15H14F2N2OS/c16-10-4-9(5-11(17)6-10)7-19-3-1-2-13-14(19)15(20)12(18)8-21-13/h1-2,4-6,12H,3,7-8,18H2/t12-/m0/s1. The average molecular weight is 308 g/mol. The molecule has 3 nitrogen and oxygen atoms in total. The number of nitrogens with two attached hydrogens (primary N) is 1. The van der Waals surface area contributed by atoms with Crippen molar-refractivity contribution in [3.63, 3.8) is 0 Å². The van der Waals surface area contributed by atoms with E-state index in [0.29, 0.717) is 23.6 Å². The molecule has 2 heterocycles. The van der Waals surface area contributed by atoms with Crippen LogP contribution in [0.3, 0.4) is 0 Å². The van der Waals surface area contributed by atoms with Gasteiger partial charge in [0.2, 0.25) is 0 Å². The summed E-state index contributed by atoms with van der Waals surface area (Å²) in [4.78, 5) is 15.0. The number of benzene rings is 1. The van der Waals surface area contributed by atoms with Crippen molar-refractivity contribution in [1.82, 2.24) is 4.90 Å². The van der Waals surface area contributed by atoms with E-state index < -0.39 is 17.7 Å². The van der Waals surface area contributed by atoms with Gasteiger partial charge in [0.15, 0.2) is 5.78 Å². The van der Waals surface area contributed by atoms with Gasteiger partial charge in [-0.3, -0.25) is 4.79 Å². The average Bonchev–Trinajstić information content (AvgIpc) is 2.42. The lowest BCUT2D eigenvalue weighted by atomic mass is 10.1. The number of allylic oxidation sites excluding steroid dienone is 1. The summed E-state index contributed by atoms with van der Waals surface area (Å²) in [6.45, 7) is 0.798. The highest BCUT2D eigenvalue weighted by atomic mass is 32.2. The van der Waals surface area contributed by atoms with Crippen molar-refractivity contribution in [3.8, 4) is 0 Å². The fourth-order valence-corrected chi connectivity index (χ4v) is 3.57. The fraction of sp³-hybridized carbons (Fsp3) is 0.267. The van der Waals surface area contributed by atoms with Crippen LogP contribution >= 0.6 is 11.8 Å². The van der Waals surface area contributed by atoms with Gasteiger partial charge in [-0.1, -0.05) is 6.08 Å². The predicted molar refractivity (Wildman–Crippen MR) is 78.4 cm³/mol. The number of nitrogens with zero attached hydrogens (tertiary/aromatic N) is 1. The first kappa shape index (κ1) is 14.3. The van der Waals surface area contributed by atoms with Crippen LogP contribution < -0.4 is 5.73 Å². The molecule has 0 aromatic heterocycles. The van der Waals surface area contributed by atoms with Gasteiger partial charge in [0, 0.05) is 29.8 Å². The van der Waals surface area contributed by atoms with Crippen LogP contribution in [-0.2, 0) is 11.3 Å². The van der Waals surface area contributed by atoms with Gasteiger partial charge in [0.25, 0.3) is 0 Å². The molecule has 2 N–H and O–H groups in total. The highest BCUT2D eigenvalue weighted by Crippen LogP contribution is 2.33. The minimum absolute atomic E-state index is 0.107. The van der Waals surface area contributed by atoms with Gasteiger partial charge in [0.1, 0.15) is 11.6 Å². The van der Waals surface area contributed by atoms with Crippen LogP contribution in [0.2, 0.25) is 0 Å². The van der Waals surface area contributed by atoms with E-state index >= 15 is 0 Å². The number of carbonyl (C=O) groups excluding carboxylic acids is 1. The number of hydrogen-bond acceptors (Lipinski definition) is 4. The first-order valence-electron chi connectivity index (χ1n) is 6.58. The molecule has 1 aromatic rings. The molecule has 1 atom stereocenters. The van der Waals surface area contributed by atoms with E-state index in [1.54, 1.807) is 0 Å². The Bertz CT molecular complexity index is 637. The molecule has 21 heavy (non-hydrogen) atoms. The molecular weight excluding hydrogens is 294 g/mol. The van der Waals surface area contributed by atoms with Crippen LogP contribution in [0.25, 0.3) is 0 Å². The molecular formula is C15H14F2N2OS. The molecule has 0 aliphatic carbocycles. The Hall–Kier alpha value is -1.66. The molecule has 1 aromatic carbocycles. The van der Waals surface area contributed by atoms with Crippen LogP contribution in [0.5, 0.6) is 0 Å². The second-order valence-corrected chi connectivity index (χ2v) is 6.12. The van der Waals surface area contributed by atoms with Crippen molar-refractivity contribution in [2.75, 3.05) is 12.3 Å². The molecule has 0 spiro atoms. The lowest BCUT2D eigenvalue weighted by molar-refractivity contribution is -0.118. The fourth-order valence-electron chi connectivity index (χ4n) is 2.50. The SMILES string of the molecule is N[C@H]1CSC2=C(C1=O)N(Cc1cc(F)cc(F)c1)CC=C2. The molecule has 6 heteroatoms. The summed E-state index contributed by atoms with van der Waals surface area (Å²) in [6, 6.07) is 2.87. The summed E-state index contributed by atoms with van der Waals surface area (Å²) in [7, 11) is 0. The van der Waals surface area contributed by atoms with Crippen LogP contribution in [-0.4, -0.2) is 29.0 Å². The van der Waals surface area contributed by atoms with Gasteiger partial charge < -0.3 is 10.6 Å². The molecule has 2 aliphatic heterocycles. The lowest BCUT2D eigenvalue weighted by Crippen LogP contribution is -2.43. The highest BCUT2D eigenvalue weighted by molar-refractivity contribution is 8.03. The molecule has 110 valence electrons. The summed E-state index contributed by atoms with van der Waals surface area (Å²) in [5, 5.41) is 0. The molecule has 3 rings (SSSR count). The second kappa shape index (κ2) is 5.61. The van der Waals surface area contributed by atoms with Gasteiger partial charge >= 0.3 is 0 Å². The molecule has 0 radical (unpaired) electrons. The Balaban J connectivity index is 1.90. The molecule has 0 saturated heterocycles. The Morgan fingerprint density at radius 1 is 1.29 bits per heavy atom. The zero-order chi connectivity index (χ0) is 15.0. The Morgan fingerprint density at radius 2 is 2.00 bits per heavy atom. The van der Waals surface area contributed by atoms with Crippen LogP contribution in [0.1, 0.15) is 5.56 Å². The van der Waals surface area contributed by atoms with E-state index in [0.717, 1.165) is 11.0 Å². The molecule has 0 fully saturated rings. The Labute approximate surface area is 125 Å². The zero-order valence-corrected chi connectivity index (χ0v) is 12.0. The topological polar surface area (TPSA) is 46.3 Å². The van der Waals surface area contributed by atoms with Crippen molar-refractivity contribution in [2.24, 2.45) is 5.73 Å². The largest absolute Gasteiger partial charge is 0.360 e. The van der Waals surface area contributed by atoms with Crippen molar-refractivity contribution >= 4 is 17.5 Å². The number of thioether (sulfide) groups is 1. The summed E-state index contributed by atoms with van der Waals surface area (Å²) in [5.41, 5.74) is 6.87. The maximum atomic E-state index is 13.3. The van der Waals surface area contributed by atoms with Crippen LogP contribution in [0, 0.1) is 11.6 Å². The van der Waals surface area contributed by atoms with E-state index in [9.17, 15) is 13.6 Å². The number of hydrogen-bond donors (Lipinski definition) is 1. The third-order valence-corrected chi connectivity index (χ3v) is 4.60. The summed E-state index contributed by atoms with van der Waals surface area (Å²) >= 11 is 1.54. The molecule has 0 saturated carbocycles. The summed E-state index contributed by atoms with van der Waals surface area (Å²) in [6.07, 6.45) is 3.85. The first-order chi connectivity index (χ1) is 10.0. The molecule has 0 unspecified atom stereocenters. The second-order valence-electron chi connectivity index (χ2n) is 5.06. The van der Waals surface area contributed by atoms with Crippen molar-refractivity contribution in [1.29, 1.82) is 0 Å². The van der Waals surface area contributed by atoms with Gasteiger partial charge in [0.05, 0.1) is 11.7 Å². The minimum Gasteiger partial charge on any atom is -0.360 e. The third-order valence-electron chi connectivity index (χ3n) is 3.43. The smallest absolute Gasteiger partial charge is 0.197 e. The quantitative estimate of drug-likeness (QED) is 0.910. The van der Waals surface area contributed by atoms with Crippen molar-refractivity contribution in [3.05, 3.63) is 58.2 Å². The zero-order valence-electron chi connectivity index (χ0n) is 11.2. The van der Waals surface area contributed by atoms with Crippen molar-refractivity contribution < 1.29 is 13.6 Å². The number of rotatable bonds is 2. The normalized spacial score (nSPS) is 21.8. The van der Waals surface area contributed by atoms with E-state index in [1.165, 1.54) is 23.9 Å². The summed E-state index contributed by atoms with van der Waals surface area (Å²) in [5.74, 6) is -0.782. The maximum absolute atomic E-state index is 13.3. The van der Waals surface area contributed by atoms with Gasteiger partial charge in [-0.05, 0) is 23.8 Å². The van der Waals surface area contributed by atoms with Crippen LogP contribution in [0.4, 0.5) is 8.78 Å². The van der Waals surface area contributed by atoms with Gasteiger partial charge in [-0.2, -0.15) is 0 Å². The lowest BCUT2D eigenvalue weighted by Gasteiger charge is -2.34. The molecule has 0 amide bonds. The van der Waals surface area contributed by atoms with E-state index in [4.69, 9.17) is 5.73 Å². The van der Waals surface area contributed by atoms with Gasteiger partial charge in [-0.15, -0.1) is 11.8 Å². The van der Waals surface area contributed by atoms with E-state index in [1.807, 2.05) is 17.1 Å². The molecule has 0 bridgehead atoms. The number of carbonyl (C=O) groups is 1. The van der Waals surface area contributed by atoms with Crippen molar-refractivity contribution in [2.45, 2.75) is 12.6 Å². The Morgan fingerprint density at radius 3 is 2.71 bits per heavy atom. The number of ketones is 1. The number of Topliss-reactive ketones (excluding diaryl/α,β-unsaturated/α-hetero) is 1. The van der Waals surface area contributed by atoms with Crippen LogP contribution in [0.15, 0.2) is 41.0 Å². The van der Waals surface area contributed by atoms with E-state index in [2.05, 4.69) is 0 Å². The maximum Gasteiger partial charge on any atom is 0.197 e. The molecule has 2 aliphatic rings. The first-order valence-corrected chi connectivity index (χ1v) is 7.56. The Kier molecular flexibility index (Phi) is 3.82. The van der Waals surface area contributed by atoms with Gasteiger partial charge in [-0.25, -0.2) is 8.78 Å². The predicted octanol–water partition coefficient (Wildman–Crippen LogP) is 2.19. The summed E-state index contributed by atoms with van der Waals surface area (Å²) < 4.78 is 26.6.